The summed E-state index contributed by atoms with van der Waals surface area (Å²) in [4.78, 5) is 25.9. The zero-order chi connectivity index (χ0) is 18.2. The van der Waals surface area contributed by atoms with Crippen molar-refractivity contribution in [2.75, 3.05) is 13.1 Å². The predicted molar refractivity (Wildman–Crippen MR) is 89.3 cm³/mol. The fourth-order valence-electron chi connectivity index (χ4n) is 2.99. The molecule has 1 aromatic carbocycles. The lowest BCUT2D eigenvalue weighted by Crippen LogP contribution is -2.41. The van der Waals surface area contributed by atoms with Crippen LogP contribution in [0.25, 0.3) is 0 Å². The van der Waals surface area contributed by atoms with Crippen LogP contribution in [0.3, 0.4) is 0 Å². The normalized spacial score (nSPS) is 16.5. The lowest BCUT2D eigenvalue weighted by atomic mass is 10.0. The van der Waals surface area contributed by atoms with Crippen molar-refractivity contribution in [2.45, 2.75) is 51.7 Å². The van der Waals surface area contributed by atoms with Gasteiger partial charge in [0, 0.05) is 18.5 Å². The van der Waals surface area contributed by atoms with Crippen molar-refractivity contribution in [1.29, 1.82) is 0 Å². The Hall–Kier alpha value is -2.18. The van der Waals surface area contributed by atoms with Gasteiger partial charge in [0.1, 0.15) is 5.75 Å². The van der Waals surface area contributed by atoms with E-state index in [-0.39, 0.29) is 24.1 Å². The van der Waals surface area contributed by atoms with Gasteiger partial charge >= 0.3 is 6.61 Å². The van der Waals surface area contributed by atoms with E-state index in [0.29, 0.717) is 24.9 Å². The summed E-state index contributed by atoms with van der Waals surface area (Å²) in [5, 5.41) is 2.83. The molecule has 0 bridgehead atoms. The quantitative estimate of drug-likeness (QED) is 0.818. The van der Waals surface area contributed by atoms with Gasteiger partial charge in [-0.1, -0.05) is 31.5 Å². The highest BCUT2D eigenvalue weighted by atomic mass is 19.3. The molecule has 0 radical (unpaired) electrons. The van der Waals surface area contributed by atoms with E-state index in [1.54, 1.807) is 23.1 Å². The van der Waals surface area contributed by atoms with E-state index in [0.717, 1.165) is 19.3 Å². The molecule has 1 aromatic rings. The highest BCUT2D eigenvalue weighted by Crippen LogP contribution is 2.28. The first-order valence-electron chi connectivity index (χ1n) is 8.62. The number of amides is 2. The first-order chi connectivity index (χ1) is 12.0. The van der Waals surface area contributed by atoms with Gasteiger partial charge in [0.25, 0.3) is 0 Å². The van der Waals surface area contributed by atoms with Crippen molar-refractivity contribution in [3.05, 3.63) is 29.8 Å². The van der Waals surface area contributed by atoms with Crippen LogP contribution < -0.4 is 10.1 Å². The largest absolute Gasteiger partial charge is 0.434 e. The monoisotopic (exact) mass is 354 g/mol. The van der Waals surface area contributed by atoms with E-state index < -0.39 is 12.7 Å². The molecule has 1 heterocycles. The number of hydrogen-bond donors (Lipinski definition) is 1. The average Bonchev–Trinajstić information content (AvgIpc) is 2.77. The molecule has 1 aliphatic heterocycles. The van der Waals surface area contributed by atoms with Crippen LogP contribution in [-0.2, 0) is 9.59 Å². The first-order valence-corrected chi connectivity index (χ1v) is 8.62. The number of halogens is 2. The molecule has 0 saturated carbocycles. The molecule has 1 aliphatic rings. The zero-order valence-electron chi connectivity index (χ0n) is 14.3. The third-order valence-corrected chi connectivity index (χ3v) is 4.26. The van der Waals surface area contributed by atoms with E-state index in [2.05, 4.69) is 10.1 Å². The number of likely N-dealkylation sites (tertiary alicyclic amines) is 1. The van der Waals surface area contributed by atoms with Gasteiger partial charge in [-0.3, -0.25) is 9.59 Å². The van der Waals surface area contributed by atoms with Gasteiger partial charge in [0.05, 0.1) is 12.6 Å². The second-order valence-corrected chi connectivity index (χ2v) is 6.07. The van der Waals surface area contributed by atoms with Crippen molar-refractivity contribution < 1.29 is 23.1 Å². The van der Waals surface area contributed by atoms with Gasteiger partial charge in [-0.25, -0.2) is 0 Å². The van der Waals surface area contributed by atoms with Gasteiger partial charge in [0.15, 0.2) is 0 Å². The van der Waals surface area contributed by atoms with Crippen LogP contribution in [0, 0.1) is 0 Å². The molecule has 0 unspecified atom stereocenters. The van der Waals surface area contributed by atoms with Crippen LogP contribution in [0.5, 0.6) is 5.75 Å². The topological polar surface area (TPSA) is 58.6 Å². The summed E-state index contributed by atoms with van der Waals surface area (Å²) >= 11 is 0. The standard InChI is InChI=1S/C18H24F2N2O3/c1-2-14(13-8-5-6-9-15(13)25-18(19)20)21-16(23)12-22-11-7-3-4-10-17(22)24/h5-6,8-9,14,18H,2-4,7,10-12H2,1H3,(H,21,23)/t14-/m0/s1. The maximum atomic E-state index is 12.6. The number of benzene rings is 1. The van der Waals surface area contributed by atoms with Crippen LogP contribution in [0.2, 0.25) is 0 Å². The number of rotatable bonds is 7. The fourth-order valence-corrected chi connectivity index (χ4v) is 2.99. The Bertz CT molecular complexity index is 595. The van der Waals surface area contributed by atoms with Crippen molar-refractivity contribution in [2.24, 2.45) is 0 Å². The van der Waals surface area contributed by atoms with Crippen LogP contribution in [0.1, 0.15) is 50.6 Å². The Labute approximate surface area is 146 Å². The Morgan fingerprint density at radius 1 is 1.28 bits per heavy atom. The number of carbonyl (C=O) groups excluding carboxylic acids is 2. The van der Waals surface area contributed by atoms with Crippen molar-refractivity contribution in [1.82, 2.24) is 10.2 Å². The molecular formula is C18H24F2N2O3. The highest BCUT2D eigenvalue weighted by molar-refractivity contribution is 5.85. The van der Waals surface area contributed by atoms with Gasteiger partial charge in [0.2, 0.25) is 11.8 Å². The van der Waals surface area contributed by atoms with Crippen molar-refractivity contribution in [3.63, 3.8) is 0 Å². The molecule has 2 amide bonds. The number of hydrogen-bond acceptors (Lipinski definition) is 3. The SMILES string of the molecule is CC[C@H](NC(=O)CN1CCCCCC1=O)c1ccccc1OC(F)F. The first kappa shape index (κ1) is 19.1. The van der Waals surface area contributed by atoms with Crippen molar-refractivity contribution >= 4 is 11.8 Å². The Morgan fingerprint density at radius 2 is 2.04 bits per heavy atom. The van der Waals surface area contributed by atoms with Crippen molar-refractivity contribution in [3.8, 4) is 5.75 Å². The smallest absolute Gasteiger partial charge is 0.387 e. The van der Waals surface area contributed by atoms with Gasteiger partial charge in [-0.2, -0.15) is 8.78 Å². The molecule has 25 heavy (non-hydrogen) atoms. The number of ether oxygens (including phenoxy) is 1. The van der Waals surface area contributed by atoms with Gasteiger partial charge < -0.3 is 15.0 Å². The molecule has 1 fully saturated rings. The van der Waals surface area contributed by atoms with E-state index >= 15 is 0 Å². The Kier molecular flexibility index (Phi) is 7.16. The molecule has 0 spiro atoms. The second-order valence-electron chi connectivity index (χ2n) is 6.07. The van der Waals surface area contributed by atoms with Crippen LogP contribution >= 0.6 is 0 Å². The van der Waals surface area contributed by atoms with E-state index in [4.69, 9.17) is 0 Å². The molecule has 1 N–H and O–H groups in total. The predicted octanol–water partition coefficient (Wildman–Crippen LogP) is 3.26. The maximum absolute atomic E-state index is 12.6. The van der Waals surface area contributed by atoms with E-state index in [1.165, 1.54) is 6.07 Å². The van der Waals surface area contributed by atoms with Crippen LogP contribution in [0.4, 0.5) is 8.78 Å². The summed E-state index contributed by atoms with van der Waals surface area (Å²) in [6, 6.07) is 5.97. The lowest BCUT2D eigenvalue weighted by Gasteiger charge is -2.24. The third-order valence-electron chi connectivity index (χ3n) is 4.26. The number of para-hydroxylation sites is 1. The molecular weight excluding hydrogens is 330 g/mol. The highest BCUT2D eigenvalue weighted by Gasteiger charge is 2.22. The van der Waals surface area contributed by atoms with Crippen LogP contribution in [0.15, 0.2) is 24.3 Å². The van der Waals surface area contributed by atoms with Gasteiger partial charge in [-0.05, 0) is 25.3 Å². The summed E-state index contributed by atoms with van der Waals surface area (Å²) in [6.45, 7) is -0.508. The minimum atomic E-state index is -2.93. The summed E-state index contributed by atoms with van der Waals surface area (Å²) in [7, 11) is 0. The summed E-state index contributed by atoms with van der Waals surface area (Å²) in [6.07, 6.45) is 3.72. The fraction of sp³-hybridized carbons (Fsp3) is 0.556. The molecule has 0 aliphatic carbocycles. The van der Waals surface area contributed by atoms with Crippen LogP contribution in [-0.4, -0.2) is 36.4 Å². The third kappa shape index (κ3) is 5.69. The number of alkyl halides is 2. The minimum Gasteiger partial charge on any atom is -0.434 e. The molecule has 0 aromatic heterocycles. The summed E-state index contributed by atoms with van der Waals surface area (Å²) in [5.41, 5.74) is 0.501. The molecule has 5 nitrogen and oxygen atoms in total. The number of nitrogens with one attached hydrogen (secondary N) is 1. The summed E-state index contributed by atoms with van der Waals surface area (Å²) < 4.78 is 29.7. The zero-order valence-corrected chi connectivity index (χ0v) is 14.3. The lowest BCUT2D eigenvalue weighted by molar-refractivity contribution is -0.135. The molecule has 138 valence electrons. The molecule has 1 saturated heterocycles. The Morgan fingerprint density at radius 3 is 2.76 bits per heavy atom. The molecule has 2 rings (SSSR count). The molecule has 7 heteroatoms. The average molecular weight is 354 g/mol. The summed E-state index contributed by atoms with van der Waals surface area (Å²) in [5.74, 6) is -0.258. The Balaban J connectivity index is 2.03. The minimum absolute atomic E-state index is 0.00674. The second kappa shape index (κ2) is 9.34. The number of carbonyl (C=O) groups is 2. The van der Waals surface area contributed by atoms with Gasteiger partial charge in [-0.15, -0.1) is 0 Å². The maximum Gasteiger partial charge on any atom is 0.387 e. The molecule has 1 atom stereocenters. The van der Waals surface area contributed by atoms with E-state index in [1.807, 2.05) is 6.92 Å². The number of nitrogens with zero attached hydrogens (tertiary/aromatic N) is 1. The van der Waals surface area contributed by atoms with E-state index in [9.17, 15) is 18.4 Å².